The molecule has 1 aromatic rings. The fourth-order valence-electron chi connectivity index (χ4n) is 3.56. The molecular weight excluding hydrogens is 356 g/mol. The van der Waals surface area contributed by atoms with Crippen LogP contribution in [-0.4, -0.2) is 52.5 Å². The highest BCUT2D eigenvalue weighted by atomic mass is 35.5. The minimum Gasteiger partial charge on any atom is -0.353 e. The first-order valence-corrected chi connectivity index (χ1v) is 9.42. The van der Waals surface area contributed by atoms with E-state index in [2.05, 4.69) is 26.3 Å². The first kappa shape index (κ1) is 20.6. The van der Waals surface area contributed by atoms with Crippen molar-refractivity contribution in [2.45, 2.75) is 63.5 Å². The van der Waals surface area contributed by atoms with E-state index >= 15 is 0 Å². The second-order valence-electron chi connectivity index (χ2n) is 6.97. The number of rotatable bonds is 6. The average Bonchev–Trinajstić information content (AvgIpc) is 3.13. The summed E-state index contributed by atoms with van der Waals surface area (Å²) in [5.41, 5.74) is 0.311. The third kappa shape index (κ3) is 5.95. The minimum atomic E-state index is -0.273. The molecule has 2 heterocycles. The fourth-order valence-corrected chi connectivity index (χ4v) is 3.56. The largest absolute Gasteiger partial charge is 0.353 e. The molecule has 0 aromatic carbocycles. The van der Waals surface area contributed by atoms with E-state index < -0.39 is 0 Å². The zero-order valence-electron chi connectivity index (χ0n) is 15.1. The van der Waals surface area contributed by atoms with Crippen LogP contribution in [0, 0.1) is 0 Å². The molecule has 0 spiro atoms. The van der Waals surface area contributed by atoms with E-state index in [1.807, 2.05) is 0 Å². The Kier molecular flexibility index (Phi) is 8.31. The van der Waals surface area contributed by atoms with Crippen molar-refractivity contribution < 1.29 is 9.59 Å². The van der Waals surface area contributed by atoms with Gasteiger partial charge in [-0.2, -0.15) is 0 Å². The van der Waals surface area contributed by atoms with Gasteiger partial charge < -0.3 is 16.0 Å². The molecule has 0 radical (unpaired) electrons. The van der Waals surface area contributed by atoms with Crippen molar-refractivity contribution >= 4 is 24.2 Å². The van der Waals surface area contributed by atoms with Crippen LogP contribution in [0.3, 0.4) is 0 Å². The van der Waals surface area contributed by atoms with Crippen molar-refractivity contribution in [3.8, 4) is 0 Å². The molecule has 3 N–H and O–H groups in total. The number of hydrogen-bond acceptors (Lipinski definition) is 5. The predicted molar refractivity (Wildman–Crippen MR) is 100 cm³/mol. The van der Waals surface area contributed by atoms with Crippen LogP contribution in [0.1, 0.15) is 67.9 Å². The topological polar surface area (TPSA) is 101 Å². The highest BCUT2D eigenvalue weighted by Gasteiger charge is 2.19. The van der Waals surface area contributed by atoms with Gasteiger partial charge >= 0.3 is 0 Å². The molecule has 1 aromatic heterocycles. The summed E-state index contributed by atoms with van der Waals surface area (Å²) < 4.78 is 1.78. The zero-order chi connectivity index (χ0) is 17.5. The maximum atomic E-state index is 12.1. The lowest BCUT2D eigenvalue weighted by Gasteiger charge is -2.22. The van der Waals surface area contributed by atoms with Crippen LogP contribution >= 0.6 is 12.4 Å². The van der Waals surface area contributed by atoms with Gasteiger partial charge in [0.25, 0.3) is 5.91 Å². The van der Waals surface area contributed by atoms with E-state index in [-0.39, 0.29) is 24.2 Å². The van der Waals surface area contributed by atoms with E-state index in [9.17, 15) is 9.59 Å². The first-order chi connectivity index (χ1) is 12.2. The van der Waals surface area contributed by atoms with Crippen molar-refractivity contribution in [2.24, 2.45) is 0 Å². The molecule has 1 saturated heterocycles. The van der Waals surface area contributed by atoms with Crippen LogP contribution in [-0.2, 0) is 4.79 Å². The van der Waals surface area contributed by atoms with Gasteiger partial charge in [-0.1, -0.05) is 24.5 Å². The summed E-state index contributed by atoms with van der Waals surface area (Å²) >= 11 is 0. The van der Waals surface area contributed by atoms with Crippen LogP contribution in [0.25, 0.3) is 0 Å². The number of aromatic nitrogens is 3. The van der Waals surface area contributed by atoms with Gasteiger partial charge in [-0.25, -0.2) is 4.68 Å². The van der Waals surface area contributed by atoms with Crippen LogP contribution in [0.15, 0.2) is 6.20 Å². The summed E-state index contributed by atoms with van der Waals surface area (Å²) in [7, 11) is 0. The SMILES string of the molecule is Cl.O=C(CCNC(=O)c1cn(C2CCNCC2)nn1)NC1CCCCC1. The van der Waals surface area contributed by atoms with Gasteiger partial charge in [-0.15, -0.1) is 17.5 Å². The Balaban J connectivity index is 0.00000243. The van der Waals surface area contributed by atoms with Gasteiger partial charge in [0.05, 0.1) is 12.2 Å². The van der Waals surface area contributed by atoms with Crippen molar-refractivity contribution in [2.75, 3.05) is 19.6 Å². The summed E-state index contributed by atoms with van der Waals surface area (Å²) in [5.74, 6) is -0.267. The Morgan fingerprint density at radius 3 is 2.62 bits per heavy atom. The number of halogens is 1. The van der Waals surface area contributed by atoms with Crippen LogP contribution in [0.2, 0.25) is 0 Å². The maximum Gasteiger partial charge on any atom is 0.273 e. The van der Waals surface area contributed by atoms with Gasteiger partial charge in [0, 0.05) is 19.0 Å². The monoisotopic (exact) mass is 384 g/mol. The number of carbonyl (C=O) groups is 2. The zero-order valence-corrected chi connectivity index (χ0v) is 15.9. The standard InChI is InChI=1S/C17H28N6O2.ClH/c24-16(20-13-4-2-1-3-5-13)8-11-19-17(25)15-12-23(22-21-15)14-6-9-18-10-7-14;/h12-14,18H,1-11H2,(H,19,25)(H,20,24);1H. The number of piperidine rings is 1. The van der Waals surface area contributed by atoms with Gasteiger partial charge in [-0.05, 0) is 38.8 Å². The lowest BCUT2D eigenvalue weighted by Crippen LogP contribution is -2.38. The molecule has 1 saturated carbocycles. The van der Waals surface area contributed by atoms with Crippen molar-refractivity contribution in [3.63, 3.8) is 0 Å². The van der Waals surface area contributed by atoms with Crippen LogP contribution in [0.4, 0.5) is 0 Å². The molecule has 2 amide bonds. The molecular formula is C17H29ClN6O2. The molecule has 2 aliphatic rings. The molecule has 2 fully saturated rings. The van der Waals surface area contributed by atoms with E-state index in [0.717, 1.165) is 38.8 Å². The van der Waals surface area contributed by atoms with E-state index in [4.69, 9.17) is 0 Å². The van der Waals surface area contributed by atoms with E-state index in [1.165, 1.54) is 19.3 Å². The highest BCUT2D eigenvalue weighted by molar-refractivity contribution is 5.92. The predicted octanol–water partition coefficient (Wildman–Crippen LogP) is 1.19. The van der Waals surface area contributed by atoms with Crippen molar-refractivity contribution in [1.82, 2.24) is 30.9 Å². The lowest BCUT2D eigenvalue weighted by molar-refractivity contribution is -0.121. The molecule has 1 aliphatic carbocycles. The summed E-state index contributed by atoms with van der Waals surface area (Å²) in [6.07, 6.45) is 9.76. The van der Waals surface area contributed by atoms with Gasteiger partial charge in [0.15, 0.2) is 5.69 Å². The Morgan fingerprint density at radius 2 is 1.88 bits per heavy atom. The highest BCUT2D eigenvalue weighted by Crippen LogP contribution is 2.18. The quantitative estimate of drug-likeness (QED) is 0.684. The second-order valence-corrected chi connectivity index (χ2v) is 6.97. The van der Waals surface area contributed by atoms with Crippen LogP contribution < -0.4 is 16.0 Å². The number of hydrogen-bond donors (Lipinski definition) is 3. The van der Waals surface area contributed by atoms with Gasteiger partial charge in [0.1, 0.15) is 0 Å². The molecule has 146 valence electrons. The second kappa shape index (κ2) is 10.5. The molecule has 9 heteroatoms. The summed E-state index contributed by atoms with van der Waals surface area (Å²) in [6.45, 7) is 2.24. The third-order valence-electron chi connectivity index (χ3n) is 5.03. The summed E-state index contributed by atoms with van der Waals surface area (Å²) in [5, 5.41) is 17.2. The molecule has 26 heavy (non-hydrogen) atoms. The smallest absolute Gasteiger partial charge is 0.273 e. The Bertz CT molecular complexity index is 582. The number of nitrogens with zero attached hydrogens (tertiary/aromatic N) is 3. The molecule has 0 unspecified atom stereocenters. The number of carbonyl (C=O) groups excluding carboxylic acids is 2. The molecule has 8 nitrogen and oxygen atoms in total. The Hall–Kier alpha value is -1.67. The van der Waals surface area contributed by atoms with Gasteiger partial charge in [0.2, 0.25) is 5.91 Å². The summed E-state index contributed by atoms with van der Waals surface area (Å²) in [4.78, 5) is 24.1. The lowest BCUT2D eigenvalue weighted by atomic mass is 9.95. The average molecular weight is 385 g/mol. The first-order valence-electron chi connectivity index (χ1n) is 9.42. The normalized spacial score (nSPS) is 18.8. The van der Waals surface area contributed by atoms with E-state index in [0.29, 0.717) is 30.7 Å². The molecule has 0 atom stereocenters. The van der Waals surface area contributed by atoms with E-state index in [1.54, 1.807) is 10.9 Å². The molecule has 3 rings (SSSR count). The third-order valence-corrected chi connectivity index (χ3v) is 5.03. The summed E-state index contributed by atoms with van der Waals surface area (Å²) in [6, 6.07) is 0.610. The van der Waals surface area contributed by atoms with Gasteiger partial charge in [-0.3, -0.25) is 9.59 Å². The van der Waals surface area contributed by atoms with Crippen LogP contribution in [0.5, 0.6) is 0 Å². The van der Waals surface area contributed by atoms with Crippen molar-refractivity contribution in [3.05, 3.63) is 11.9 Å². The number of nitrogens with one attached hydrogen (secondary N) is 3. The fraction of sp³-hybridized carbons (Fsp3) is 0.765. The maximum absolute atomic E-state index is 12.1. The molecule has 0 bridgehead atoms. The Labute approximate surface area is 160 Å². The minimum absolute atomic E-state index is 0. The number of amides is 2. The Morgan fingerprint density at radius 1 is 1.15 bits per heavy atom. The van der Waals surface area contributed by atoms with Crippen molar-refractivity contribution in [1.29, 1.82) is 0 Å². The molecule has 1 aliphatic heterocycles.